The normalized spacial score (nSPS) is 10.2. The largest absolute Gasteiger partial charge is 0.495 e. The fourth-order valence-electron chi connectivity index (χ4n) is 1.55. The molecule has 0 amide bonds. The number of para-hydroxylation sites is 1. The first-order chi connectivity index (χ1) is 8.22. The summed E-state index contributed by atoms with van der Waals surface area (Å²) >= 11 is 1.46. The highest BCUT2D eigenvalue weighted by Gasteiger charge is 2.14. The molecule has 0 aliphatic rings. The van der Waals surface area contributed by atoms with E-state index in [-0.39, 0.29) is 5.78 Å². The van der Waals surface area contributed by atoms with Gasteiger partial charge >= 0.3 is 0 Å². The minimum atomic E-state index is -0.0225. The van der Waals surface area contributed by atoms with Gasteiger partial charge in [0.15, 0.2) is 5.78 Å². The van der Waals surface area contributed by atoms with E-state index in [1.165, 1.54) is 18.4 Å². The standard InChI is InChI=1S/C12H12N2O2S/c1-16-11-4-2-3-9(12(11)13)10(15)5-8-6-14-7-17-8/h2-4,6-7H,5,13H2,1H3. The number of ether oxygens (including phenoxy) is 1. The number of nitrogens with zero attached hydrogens (tertiary/aromatic N) is 1. The molecule has 0 atom stereocenters. The number of benzene rings is 1. The van der Waals surface area contributed by atoms with Gasteiger partial charge in [0.2, 0.25) is 0 Å². The Bertz CT molecular complexity index is 523. The fourth-order valence-corrected chi connectivity index (χ4v) is 2.14. The van der Waals surface area contributed by atoms with Crippen molar-refractivity contribution in [1.82, 2.24) is 4.98 Å². The Labute approximate surface area is 103 Å². The van der Waals surface area contributed by atoms with Crippen LogP contribution in [0, 0.1) is 0 Å². The van der Waals surface area contributed by atoms with Gasteiger partial charge in [-0.05, 0) is 12.1 Å². The van der Waals surface area contributed by atoms with E-state index >= 15 is 0 Å². The van der Waals surface area contributed by atoms with Crippen LogP contribution in [0.2, 0.25) is 0 Å². The first-order valence-corrected chi connectivity index (χ1v) is 5.93. The molecule has 1 heterocycles. The molecule has 88 valence electrons. The summed E-state index contributed by atoms with van der Waals surface area (Å²) in [5.41, 5.74) is 8.46. The molecule has 0 unspecified atom stereocenters. The molecule has 0 radical (unpaired) electrons. The zero-order valence-corrected chi connectivity index (χ0v) is 10.2. The van der Waals surface area contributed by atoms with Crippen LogP contribution in [0.15, 0.2) is 29.9 Å². The lowest BCUT2D eigenvalue weighted by molar-refractivity contribution is 0.0994. The smallest absolute Gasteiger partial charge is 0.170 e. The molecule has 0 aliphatic heterocycles. The molecule has 0 saturated heterocycles. The second-order valence-corrected chi connectivity index (χ2v) is 4.46. The summed E-state index contributed by atoms with van der Waals surface area (Å²) in [4.78, 5) is 16.9. The fraction of sp³-hybridized carbons (Fsp3) is 0.167. The van der Waals surface area contributed by atoms with Gasteiger partial charge in [-0.2, -0.15) is 0 Å². The van der Waals surface area contributed by atoms with Crippen LogP contribution in [0.1, 0.15) is 15.2 Å². The first-order valence-electron chi connectivity index (χ1n) is 5.05. The zero-order chi connectivity index (χ0) is 12.3. The maximum Gasteiger partial charge on any atom is 0.170 e. The van der Waals surface area contributed by atoms with Gasteiger partial charge in [-0.15, -0.1) is 11.3 Å². The zero-order valence-electron chi connectivity index (χ0n) is 9.34. The van der Waals surface area contributed by atoms with Crippen LogP contribution in [0.3, 0.4) is 0 Å². The monoisotopic (exact) mass is 248 g/mol. The van der Waals surface area contributed by atoms with Crippen LogP contribution in [0.25, 0.3) is 0 Å². The van der Waals surface area contributed by atoms with Crippen molar-refractivity contribution in [2.24, 2.45) is 0 Å². The third kappa shape index (κ3) is 2.45. The van der Waals surface area contributed by atoms with Gasteiger partial charge < -0.3 is 10.5 Å². The number of methoxy groups -OCH3 is 1. The molecule has 0 fully saturated rings. The molecule has 2 aromatic rings. The van der Waals surface area contributed by atoms with E-state index in [0.29, 0.717) is 23.4 Å². The van der Waals surface area contributed by atoms with Crippen molar-refractivity contribution >= 4 is 22.8 Å². The van der Waals surface area contributed by atoms with Gasteiger partial charge in [0, 0.05) is 23.1 Å². The molecule has 1 aromatic heterocycles. The van der Waals surface area contributed by atoms with Crippen molar-refractivity contribution in [2.75, 3.05) is 12.8 Å². The van der Waals surface area contributed by atoms with E-state index in [4.69, 9.17) is 10.5 Å². The third-order valence-corrected chi connectivity index (χ3v) is 3.18. The molecule has 0 aliphatic carbocycles. The molecular weight excluding hydrogens is 236 g/mol. The Balaban J connectivity index is 2.25. The minimum Gasteiger partial charge on any atom is -0.495 e. The average molecular weight is 248 g/mol. The molecule has 0 spiro atoms. The molecule has 17 heavy (non-hydrogen) atoms. The third-order valence-electron chi connectivity index (χ3n) is 2.40. The number of anilines is 1. The minimum absolute atomic E-state index is 0.0225. The second-order valence-electron chi connectivity index (χ2n) is 3.49. The number of rotatable bonds is 4. The lowest BCUT2D eigenvalue weighted by Gasteiger charge is -2.08. The van der Waals surface area contributed by atoms with Gasteiger partial charge in [0.25, 0.3) is 0 Å². The molecule has 4 nitrogen and oxygen atoms in total. The second kappa shape index (κ2) is 4.97. The predicted molar refractivity (Wildman–Crippen MR) is 67.6 cm³/mol. The van der Waals surface area contributed by atoms with E-state index in [2.05, 4.69) is 4.98 Å². The van der Waals surface area contributed by atoms with E-state index < -0.39 is 0 Å². The van der Waals surface area contributed by atoms with Crippen molar-refractivity contribution in [1.29, 1.82) is 0 Å². The highest BCUT2D eigenvalue weighted by molar-refractivity contribution is 7.09. The van der Waals surface area contributed by atoms with Crippen molar-refractivity contribution in [3.63, 3.8) is 0 Å². The number of thiazole rings is 1. The summed E-state index contributed by atoms with van der Waals surface area (Å²) in [7, 11) is 1.53. The van der Waals surface area contributed by atoms with Crippen LogP contribution >= 0.6 is 11.3 Å². The summed E-state index contributed by atoms with van der Waals surface area (Å²) in [6.07, 6.45) is 2.01. The Morgan fingerprint density at radius 3 is 3.00 bits per heavy atom. The lowest BCUT2D eigenvalue weighted by Crippen LogP contribution is -2.07. The topological polar surface area (TPSA) is 65.2 Å². The summed E-state index contributed by atoms with van der Waals surface area (Å²) in [5, 5.41) is 0. The molecule has 0 saturated carbocycles. The van der Waals surface area contributed by atoms with Crippen LogP contribution in [-0.2, 0) is 6.42 Å². The van der Waals surface area contributed by atoms with Crippen molar-refractivity contribution in [3.05, 3.63) is 40.3 Å². The van der Waals surface area contributed by atoms with Gasteiger partial charge in [0.05, 0.1) is 18.3 Å². The van der Waals surface area contributed by atoms with Gasteiger partial charge in [-0.3, -0.25) is 9.78 Å². The number of aromatic nitrogens is 1. The molecular formula is C12H12N2O2S. The summed E-state index contributed by atoms with van der Waals surface area (Å²) in [6, 6.07) is 5.20. The van der Waals surface area contributed by atoms with Crippen LogP contribution in [0.4, 0.5) is 5.69 Å². The molecule has 2 rings (SSSR count). The van der Waals surface area contributed by atoms with Gasteiger partial charge in [-0.1, -0.05) is 6.07 Å². The van der Waals surface area contributed by atoms with E-state index in [9.17, 15) is 4.79 Å². The number of nitrogen functional groups attached to an aromatic ring is 1. The number of hydrogen-bond acceptors (Lipinski definition) is 5. The highest BCUT2D eigenvalue weighted by Crippen LogP contribution is 2.26. The molecule has 0 bridgehead atoms. The van der Waals surface area contributed by atoms with Crippen LogP contribution in [-0.4, -0.2) is 17.9 Å². The first kappa shape index (κ1) is 11.6. The number of Topliss-reactive ketones (excluding diaryl/α,β-unsaturated/α-hetero) is 1. The Morgan fingerprint density at radius 1 is 1.53 bits per heavy atom. The lowest BCUT2D eigenvalue weighted by atomic mass is 10.1. The molecule has 5 heteroatoms. The summed E-state index contributed by atoms with van der Waals surface area (Å²) in [5.74, 6) is 0.505. The van der Waals surface area contributed by atoms with Gasteiger partial charge in [-0.25, -0.2) is 0 Å². The SMILES string of the molecule is COc1cccc(C(=O)Cc2cncs2)c1N. The Morgan fingerprint density at radius 2 is 2.35 bits per heavy atom. The Hall–Kier alpha value is -1.88. The van der Waals surface area contributed by atoms with Crippen LogP contribution < -0.4 is 10.5 Å². The van der Waals surface area contributed by atoms with Gasteiger partial charge in [0.1, 0.15) is 5.75 Å². The summed E-state index contributed by atoms with van der Waals surface area (Å²) in [6.45, 7) is 0. The molecule has 2 N–H and O–H groups in total. The van der Waals surface area contributed by atoms with Crippen molar-refractivity contribution in [3.8, 4) is 5.75 Å². The maximum atomic E-state index is 12.0. The van der Waals surface area contributed by atoms with E-state index in [1.807, 2.05) is 0 Å². The highest BCUT2D eigenvalue weighted by atomic mass is 32.1. The van der Waals surface area contributed by atoms with Crippen LogP contribution in [0.5, 0.6) is 5.75 Å². The number of carbonyl (C=O) groups is 1. The quantitative estimate of drug-likeness (QED) is 0.665. The van der Waals surface area contributed by atoms with Crippen molar-refractivity contribution < 1.29 is 9.53 Å². The summed E-state index contributed by atoms with van der Waals surface area (Å²) < 4.78 is 5.08. The maximum absolute atomic E-state index is 12.0. The average Bonchev–Trinajstić information content (AvgIpc) is 2.82. The van der Waals surface area contributed by atoms with E-state index in [1.54, 1.807) is 29.9 Å². The number of hydrogen-bond donors (Lipinski definition) is 1. The number of nitrogens with two attached hydrogens (primary N) is 1. The van der Waals surface area contributed by atoms with Crippen molar-refractivity contribution in [2.45, 2.75) is 6.42 Å². The molecule has 1 aromatic carbocycles. The number of carbonyl (C=O) groups excluding carboxylic acids is 1. The predicted octanol–water partition coefficient (Wildman–Crippen LogP) is 2.16. The number of ketones is 1. The van der Waals surface area contributed by atoms with E-state index in [0.717, 1.165) is 4.88 Å². The Kier molecular flexibility index (Phi) is 3.39.